The van der Waals surface area contributed by atoms with Crippen molar-refractivity contribution in [2.45, 2.75) is 0 Å². The Morgan fingerprint density at radius 1 is 1.03 bits per heavy atom. The van der Waals surface area contributed by atoms with E-state index in [-0.39, 0.29) is 21.7 Å². The first-order chi connectivity index (χ1) is 18.5. The van der Waals surface area contributed by atoms with E-state index in [1.165, 1.54) is 29.9 Å². The first kappa shape index (κ1) is 23.3. The van der Waals surface area contributed by atoms with Gasteiger partial charge in [0.25, 0.3) is 5.91 Å². The average Bonchev–Trinajstić information content (AvgIpc) is 3.36. The van der Waals surface area contributed by atoms with Crippen LogP contribution in [0.5, 0.6) is 5.75 Å². The van der Waals surface area contributed by atoms with Gasteiger partial charge in [-0.05, 0) is 42.5 Å². The van der Waals surface area contributed by atoms with Gasteiger partial charge in [-0.25, -0.2) is 9.78 Å². The number of rotatable bonds is 5. The van der Waals surface area contributed by atoms with Crippen LogP contribution >= 0.6 is 11.3 Å². The van der Waals surface area contributed by atoms with E-state index in [0.717, 1.165) is 9.71 Å². The summed E-state index contributed by atoms with van der Waals surface area (Å²) in [7, 11) is 1.55. The fourth-order valence-corrected chi connectivity index (χ4v) is 4.88. The van der Waals surface area contributed by atoms with Gasteiger partial charge in [-0.3, -0.25) is 9.59 Å². The molecule has 3 aromatic heterocycles. The van der Waals surface area contributed by atoms with E-state index < -0.39 is 11.5 Å². The van der Waals surface area contributed by atoms with Crippen LogP contribution < -0.4 is 20.8 Å². The summed E-state index contributed by atoms with van der Waals surface area (Å²) in [6, 6.07) is 20.4. The van der Waals surface area contributed by atoms with Crippen molar-refractivity contribution >= 4 is 60.7 Å². The van der Waals surface area contributed by atoms with Crippen molar-refractivity contribution in [1.29, 1.82) is 0 Å². The summed E-state index contributed by atoms with van der Waals surface area (Å²) >= 11 is 1.18. The zero-order valence-electron chi connectivity index (χ0n) is 19.8. The summed E-state index contributed by atoms with van der Waals surface area (Å²) in [6.07, 6.45) is 2.48. The predicted molar refractivity (Wildman–Crippen MR) is 146 cm³/mol. The van der Waals surface area contributed by atoms with Crippen molar-refractivity contribution < 1.29 is 18.4 Å². The molecule has 0 saturated heterocycles. The zero-order chi connectivity index (χ0) is 26.2. The number of thiazole rings is 1. The van der Waals surface area contributed by atoms with Crippen LogP contribution in [0.15, 0.2) is 103 Å². The summed E-state index contributed by atoms with van der Waals surface area (Å²) < 4.78 is 17.0. The Kier molecular flexibility index (Phi) is 5.78. The van der Waals surface area contributed by atoms with Crippen molar-refractivity contribution in [2.24, 2.45) is 5.10 Å². The third kappa shape index (κ3) is 4.12. The largest absolute Gasteiger partial charge is 0.497 e. The number of carbonyl (C=O) groups is 1. The van der Waals surface area contributed by atoms with Gasteiger partial charge in [0.15, 0.2) is 0 Å². The SMILES string of the molecule is COc1ccc2nc(N(/N=C/c3coc4ccccc4c3=O)C(=O)c3cc4ccccc4oc3=O)sc2c1. The first-order valence-electron chi connectivity index (χ1n) is 11.4. The molecule has 0 aliphatic carbocycles. The molecule has 0 bridgehead atoms. The summed E-state index contributed by atoms with van der Waals surface area (Å²) in [4.78, 5) is 44.0. The molecule has 0 aliphatic rings. The normalized spacial score (nSPS) is 11.5. The monoisotopic (exact) mass is 523 g/mol. The van der Waals surface area contributed by atoms with Crippen LogP contribution in [0.4, 0.5) is 5.13 Å². The first-order valence-corrected chi connectivity index (χ1v) is 12.2. The van der Waals surface area contributed by atoms with E-state index in [4.69, 9.17) is 13.6 Å². The van der Waals surface area contributed by atoms with Crippen LogP contribution in [0.3, 0.4) is 0 Å². The van der Waals surface area contributed by atoms with Crippen molar-refractivity contribution in [3.8, 4) is 5.75 Å². The number of amides is 1. The molecular formula is C28H17N3O6S. The molecule has 10 heteroatoms. The minimum absolute atomic E-state index is 0.120. The van der Waals surface area contributed by atoms with Gasteiger partial charge < -0.3 is 13.6 Å². The Balaban J connectivity index is 1.49. The van der Waals surface area contributed by atoms with E-state index in [2.05, 4.69) is 10.1 Å². The Labute approximate surface area is 217 Å². The summed E-state index contributed by atoms with van der Waals surface area (Å²) in [5.74, 6) is -0.144. The second-order valence-electron chi connectivity index (χ2n) is 8.19. The van der Waals surface area contributed by atoms with Crippen molar-refractivity contribution in [3.63, 3.8) is 0 Å². The van der Waals surface area contributed by atoms with E-state index in [9.17, 15) is 14.4 Å². The predicted octanol–water partition coefficient (Wildman–Crippen LogP) is 5.20. The lowest BCUT2D eigenvalue weighted by Crippen LogP contribution is -2.30. The standard InChI is InChI=1S/C28H17N3O6S/c1-35-18-10-11-21-24(13-18)38-28(30-21)31(26(33)20-12-16-6-2-4-8-22(16)37-27(20)34)29-14-17-15-36-23-9-5-3-7-19(23)25(17)32/h2-15H,1H3/b29-14+. The Morgan fingerprint density at radius 2 is 1.82 bits per heavy atom. The Morgan fingerprint density at radius 3 is 2.66 bits per heavy atom. The van der Waals surface area contributed by atoms with Gasteiger partial charge in [-0.2, -0.15) is 10.1 Å². The molecule has 0 N–H and O–H groups in total. The number of nitrogens with zero attached hydrogens (tertiary/aromatic N) is 3. The molecule has 0 unspecified atom stereocenters. The second kappa shape index (κ2) is 9.41. The highest BCUT2D eigenvalue weighted by atomic mass is 32.1. The number of para-hydroxylation sites is 2. The number of ether oxygens (including phenoxy) is 1. The van der Waals surface area contributed by atoms with Crippen LogP contribution in [0.2, 0.25) is 0 Å². The third-order valence-electron chi connectivity index (χ3n) is 5.85. The summed E-state index contributed by atoms with van der Waals surface area (Å²) in [5.41, 5.74) is 0.137. The third-order valence-corrected chi connectivity index (χ3v) is 6.84. The molecule has 3 heterocycles. The molecule has 0 saturated carbocycles. The lowest BCUT2D eigenvalue weighted by molar-refractivity contribution is 0.0984. The second-order valence-corrected chi connectivity index (χ2v) is 9.20. The lowest BCUT2D eigenvalue weighted by atomic mass is 10.2. The zero-order valence-corrected chi connectivity index (χ0v) is 20.6. The Bertz CT molecular complexity index is 2010. The van der Waals surface area contributed by atoms with Gasteiger partial charge in [0.2, 0.25) is 10.6 Å². The Hall–Kier alpha value is -5.09. The maximum Gasteiger partial charge on any atom is 0.349 e. The number of hydrogen-bond acceptors (Lipinski definition) is 9. The summed E-state index contributed by atoms with van der Waals surface area (Å²) in [5, 5.41) is 6.41. The number of aromatic nitrogens is 1. The molecule has 9 nitrogen and oxygen atoms in total. The number of hydrogen-bond donors (Lipinski definition) is 0. The van der Waals surface area contributed by atoms with Gasteiger partial charge in [-0.15, -0.1) is 0 Å². The highest BCUT2D eigenvalue weighted by molar-refractivity contribution is 7.22. The molecular weight excluding hydrogens is 506 g/mol. The van der Waals surface area contributed by atoms with Gasteiger partial charge >= 0.3 is 5.63 Å². The number of fused-ring (bicyclic) bond motifs is 3. The fourth-order valence-electron chi connectivity index (χ4n) is 3.93. The molecule has 0 aliphatic heterocycles. The molecule has 186 valence electrons. The molecule has 6 rings (SSSR count). The van der Waals surface area contributed by atoms with Gasteiger partial charge in [-0.1, -0.05) is 41.7 Å². The number of carbonyl (C=O) groups excluding carboxylic acids is 1. The minimum Gasteiger partial charge on any atom is -0.497 e. The van der Waals surface area contributed by atoms with Gasteiger partial charge in [0.1, 0.15) is 28.7 Å². The van der Waals surface area contributed by atoms with E-state index in [1.807, 2.05) is 0 Å². The molecule has 38 heavy (non-hydrogen) atoms. The number of methoxy groups -OCH3 is 1. The van der Waals surface area contributed by atoms with Gasteiger partial charge in [0, 0.05) is 5.39 Å². The van der Waals surface area contributed by atoms with E-state index in [0.29, 0.717) is 33.2 Å². The maximum atomic E-state index is 13.7. The van der Waals surface area contributed by atoms with Crippen LogP contribution in [-0.2, 0) is 0 Å². The summed E-state index contributed by atoms with van der Waals surface area (Å²) in [6.45, 7) is 0. The van der Waals surface area contributed by atoms with Crippen LogP contribution in [0, 0.1) is 0 Å². The fraction of sp³-hybridized carbons (Fsp3) is 0.0357. The topological polar surface area (TPSA) is 115 Å². The lowest BCUT2D eigenvalue weighted by Gasteiger charge is -2.13. The highest BCUT2D eigenvalue weighted by Gasteiger charge is 2.25. The van der Waals surface area contributed by atoms with Crippen LogP contribution in [-0.4, -0.2) is 24.2 Å². The number of benzene rings is 3. The number of anilines is 1. The van der Waals surface area contributed by atoms with E-state index in [1.54, 1.807) is 73.8 Å². The van der Waals surface area contributed by atoms with Crippen molar-refractivity contribution in [1.82, 2.24) is 4.98 Å². The van der Waals surface area contributed by atoms with Crippen molar-refractivity contribution in [2.75, 3.05) is 12.1 Å². The van der Waals surface area contributed by atoms with Gasteiger partial charge in [0.05, 0.1) is 34.5 Å². The minimum atomic E-state index is -0.818. The molecule has 1 amide bonds. The quantitative estimate of drug-likeness (QED) is 0.173. The maximum absolute atomic E-state index is 13.7. The molecule has 0 fully saturated rings. The number of hydrazone groups is 1. The van der Waals surface area contributed by atoms with Crippen LogP contribution in [0.1, 0.15) is 15.9 Å². The average molecular weight is 524 g/mol. The van der Waals surface area contributed by atoms with Crippen LogP contribution in [0.25, 0.3) is 32.2 Å². The highest BCUT2D eigenvalue weighted by Crippen LogP contribution is 2.32. The molecule has 6 aromatic rings. The molecule has 0 radical (unpaired) electrons. The molecule has 0 spiro atoms. The van der Waals surface area contributed by atoms with Crippen molar-refractivity contribution in [3.05, 3.63) is 111 Å². The van der Waals surface area contributed by atoms with E-state index >= 15 is 0 Å². The smallest absolute Gasteiger partial charge is 0.349 e. The molecule has 0 atom stereocenters. The molecule has 3 aromatic carbocycles.